The van der Waals surface area contributed by atoms with E-state index >= 15 is 0 Å². The summed E-state index contributed by atoms with van der Waals surface area (Å²) in [7, 11) is 0. The molecule has 0 aliphatic rings. The van der Waals surface area contributed by atoms with Crippen molar-refractivity contribution in [1.29, 1.82) is 0 Å². The van der Waals surface area contributed by atoms with Gasteiger partial charge in [-0.05, 0) is 151 Å². The first-order valence-corrected chi connectivity index (χ1v) is 27.5. The van der Waals surface area contributed by atoms with Gasteiger partial charge >= 0.3 is 0 Å². The SMILES string of the molecule is c1ccc(-c2cc3ccccc3cc2N(c2ccc3cc4c(cc3c2)oc2cc3cc(N(c5cc6ccccc6cc5-c5ccccc5)c5cccc6c5oc5ccccc56)ccc3cc24)c2cccc3c2oc2ccccc23)cc1. The van der Waals surface area contributed by atoms with E-state index in [0.29, 0.717) is 0 Å². The third-order valence-electron chi connectivity index (χ3n) is 16.5. The van der Waals surface area contributed by atoms with Gasteiger partial charge in [0.1, 0.15) is 22.3 Å². The summed E-state index contributed by atoms with van der Waals surface area (Å²) in [5, 5.41) is 15.5. The summed E-state index contributed by atoms with van der Waals surface area (Å²) in [6.45, 7) is 0. The van der Waals surface area contributed by atoms with Gasteiger partial charge in [0.2, 0.25) is 0 Å². The number of rotatable bonds is 8. The third-order valence-corrected chi connectivity index (χ3v) is 16.5. The molecule has 0 bridgehead atoms. The van der Waals surface area contributed by atoms with Crippen molar-refractivity contribution in [3.63, 3.8) is 0 Å². The number of nitrogens with zero attached hydrogens (tertiary/aromatic N) is 2. The smallest absolute Gasteiger partial charge is 0.159 e. The van der Waals surface area contributed by atoms with Crippen LogP contribution in [0.25, 0.3) is 131 Å². The zero-order valence-electron chi connectivity index (χ0n) is 43.7. The van der Waals surface area contributed by atoms with Crippen molar-refractivity contribution in [2.75, 3.05) is 9.80 Å². The van der Waals surface area contributed by atoms with Gasteiger partial charge in [-0.2, -0.15) is 0 Å². The number of furan rings is 3. The Bertz CT molecular complexity index is 5050. The topological polar surface area (TPSA) is 45.9 Å². The fraction of sp³-hybridized carbons (Fsp3) is 0. The Balaban J connectivity index is 0.844. The lowest BCUT2D eigenvalue weighted by atomic mass is 9.96. The van der Waals surface area contributed by atoms with E-state index in [1.165, 1.54) is 10.8 Å². The van der Waals surface area contributed by atoms with Gasteiger partial charge in [0, 0.05) is 54.8 Å². The molecule has 5 nitrogen and oxygen atoms in total. The van der Waals surface area contributed by atoms with Gasteiger partial charge in [0.25, 0.3) is 0 Å². The van der Waals surface area contributed by atoms with E-state index < -0.39 is 0 Å². The summed E-state index contributed by atoms with van der Waals surface area (Å²) in [4.78, 5) is 4.76. The highest BCUT2D eigenvalue weighted by atomic mass is 16.3. The molecule has 0 spiro atoms. The first kappa shape index (κ1) is 45.2. The Hall–Kier alpha value is -10.9. The minimum atomic E-state index is 0.827. The second kappa shape index (κ2) is 17.8. The Morgan fingerprint density at radius 1 is 0.210 bits per heavy atom. The quantitative estimate of drug-likeness (QED) is 0.152. The minimum absolute atomic E-state index is 0.827. The molecule has 0 saturated carbocycles. The van der Waals surface area contributed by atoms with E-state index in [2.05, 4.69) is 277 Å². The van der Waals surface area contributed by atoms with Crippen LogP contribution in [-0.4, -0.2) is 0 Å². The van der Waals surface area contributed by atoms with E-state index in [4.69, 9.17) is 13.3 Å². The summed E-state index contributed by atoms with van der Waals surface area (Å²) in [6.07, 6.45) is 0. The first-order chi connectivity index (χ1) is 40.1. The molecule has 17 aromatic rings. The summed E-state index contributed by atoms with van der Waals surface area (Å²) in [6, 6.07) is 100. The van der Waals surface area contributed by atoms with Crippen LogP contribution in [0.1, 0.15) is 0 Å². The molecule has 0 amide bonds. The molecule has 0 radical (unpaired) electrons. The second-order valence-corrected chi connectivity index (χ2v) is 21.2. The van der Waals surface area contributed by atoms with Crippen molar-refractivity contribution in [2.45, 2.75) is 0 Å². The second-order valence-electron chi connectivity index (χ2n) is 21.2. The Morgan fingerprint density at radius 3 is 1.05 bits per heavy atom. The highest BCUT2D eigenvalue weighted by Crippen LogP contribution is 2.50. The van der Waals surface area contributed by atoms with E-state index in [0.717, 1.165) is 155 Å². The summed E-state index contributed by atoms with van der Waals surface area (Å²) < 4.78 is 20.6. The monoisotopic (exact) mass is 1030 g/mol. The molecule has 0 N–H and O–H groups in total. The molecular formula is C76H46N2O3. The minimum Gasteiger partial charge on any atom is -0.456 e. The van der Waals surface area contributed by atoms with Crippen molar-refractivity contribution >= 4 is 143 Å². The summed E-state index contributed by atoms with van der Waals surface area (Å²) >= 11 is 0. The number of hydrogen-bond acceptors (Lipinski definition) is 5. The molecule has 378 valence electrons. The van der Waals surface area contributed by atoms with Crippen LogP contribution in [0.2, 0.25) is 0 Å². The fourth-order valence-corrected chi connectivity index (χ4v) is 12.7. The average Bonchev–Trinajstić information content (AvgIpc) is 4.35. The lowest BCUT2D eigenvalue weighted by molar-refractivity contribution is 0.668. The van der Waals surface area contributed by atoms with Crippen LogP contribution in [0.3, 0.4) is 0 Å². The van der Waals surface area contributed by atoms with Crippen molar-refractivity contribution in [3.8, 4) is 22.3 Å². The highest BCUT2D eigenvalue weighted by Gasteiger charge is 2.26. The van der Waals surface area contributed by atoms with Gasteiger partial charge in [0.15, 0.2) is 11.2 Å². The number of fused-ring (bicyclic) bond motifs is 13. The third kappa shape index (κ3) is 7.26. The van der Waals surface area contributed by atoms with Gasteiger partial charge < -0.3 is 23.1 Å². The van der Waals surface area contributed by atoms with E-state index in [-0.39, 0.29) is 0 Å². The number of anilines is 6. The summed E-state index contributed by atoms with van der Waals surface area (Å²) in [5.41, 5.74) is 15.5. The van der Waals surface area contributed by atoms with Crippen molar-refractivity contribution < 1.29 is 13.3 Å². The Kier molecular flexibility index (Phi) is 9.94. The molecule has 0 aliphatic heterocycles. The van der Waals surface area contributed by atoms with Gasteiger partial charge in [0.05, 0.1) is 22.7 Å². The largest absolute Gasteiger partial charge is 0.456 e. The molecule has 0 saturated heterocycles. The van der Waals surface area contributed by atoms with Crippen molar-refractivity contribution in [3.05, 3.63) is 279 Å². The molecule has 17 rings (SSSR count). The normalized spacial score (nSPS) is 12.0. The zero-order chi connectivity index (χ0) is 53.1. The predicted molar refractivity (Wildman–Crippen MR) is 339 cm³/mol. The Labute approximate surface area is 464 Å². The molecule has 3 aromatic heterocycles. The molecule has 0 aliphatic carbocycles. The number of hydrogen-bond donors (Lipinski definition) is 0. The standard InChI is InChI=1S/C76H46N2O3/c1-3-17-47(18-4-1)63-39-49-21-7-9-23-51(49)43-69(63)77(67-29-15-27-61-59-25-11-13-31-71(59)80-75(61)67)57-35-33-53-41-65-66-42-54-34-36-58(38-56(54)46-74(66)79-73(65)45-55(53)37-57)78(68-30-16-28-62-60-26-12-14-32-72(60)81-76(62)68)70-44-52-24-10-8-22-50(52)40-64(70)48-19-5-2-6-20-48/h1-46H. The van der Waals surface area contributed by atoms with E-state index in [1.54, 1.807) is 0 Å². The van der Waals surface area contributed by atoms with E-state index in [1.807, 2.05) is 12.1 Å². The summed E-state index contributed by atoms with van der Waals surface area (Å²) in [5.74, 6) is 0. The maximum atomic E-state index is 6.98. The average molecular weight is 1040 g/mol. The van der Waals surface area contributed by atoms with Gasteiger partial charge in [-0.15, -0.1) is 0 Å². The maximum Gasteiger partial charge on any atom is 0.159 e. The van der Waals surface area contributed by atoms with Crippen LogP contribution >= 0.6 is 0 Å². The van der Waals surface area contributed by atoms with Crippen LogP contribution in [-0.2, 0) is 0 Å². The molecule has 14 aromatic carbocycles. The van der Waals surface area contributed by atoms with Crippen LogP contribution in [0.4, 0.5) is 34.1 Å². The van der Waals surface area contributed by atoms with Crippen LogP contribution in [0.5, 0.6) is 0 Å². The lowest BCUT2D eigenvalue weighted by Crippen LogP contribution is -2.11. The lowest BCUT2D eigenvalue weighted by Gasteiger charge is -2.29. The maximum absolute atomic E-state index is 6.98. The molecule has 0 atom stereocenters. The Morgan fingerprint density at radius 2 is 0.593 bits per heavy atom. The predicted octanol–water partition coefficient (Wildman–Crippen LogP) is 22.3. The zero-order valence-corrected chi connectivity index (χ0v) is 43.7. The fourth-order valence-electron chi connectivity index (χ4n) is 12.7. The highest BCUT2D eigenvalue weighted by molar-refractivity contribution is 6.17. The van der Waals surface area contributed by atoms with Crippen molar-refractivity contribution in [1.82, 2.24) is 0 Å². The van der Waals surface area contributed by atoms with E-state index in [9.17, 15) is 0 Å². The molecule has 5 heteroatoms. The molecular weight excluding hydrogens is 989 g/mol. The number of benzene rings is 14. The molecule has 3 heterocycles. The van der Waals surface area contributed by atoms with Gasteiger partial charge in [-0.25, -0.2) is 0 Å². The molecule has 81 heavy (non-hydrogen) atoms. The molecule has 0 unspecified atom stereocenters. The van der Waals surface area contributed by atoms with Crippen molar-refractivity contribution in [2.24, 2.45) is 0 Å². The van der Waals surface area contributed by atoms with Crippen LogP contribution < -0.4 is 9.80 Å². The van der Waals surface area contributed by atoms with Gasteiger partial charge in [-0.3, -0.25) is 0 Å². The molecule has 0 fully saturated rings. The van der Waals surface area contributed by atoms with Gasteiger partial charge in [-0.1, -0.05) is 182 Å². The number of para-hydroxylation sites is 4. The van der Waals surface area contributed by atoms with Crippen LogP contribution in [0.15, 0.2) is 292 Å². The van der Waals surface area contributed by atoms with Crippen LogP contribution in [0, 0.1) is 0 Å². The first-order valence-electron chi connectivity index (χ1n) is 27.5.